The first-order valence-corrected chi connectivity index (χ1v) is 7.21. The first-order chi connectivity index (χ1) is 8.58. The number of Topliss-reactive ketones (excluding diaryl/α,β-unsaturated/α-hetero) is 1. The van der Waals surface area contributed by atoms with Crippen molar-refractivity contribution in [2.24, 2.45) is 5.92 Å². The van der Waals surface area contributed by atoms with Gasteiger partial charge in [0.05, 0.1) is 5.69 Å². The van der Waals surface area contributed by atoms with Crippen molar-refractivity contribution in [3.8, 4) is 0 Å². The number of aromatic nitrogens is 1. The highest BCUT2D eigenvalue weighted by Crippen LogP contribution is 2.41. The lowest BCUT2D eigenvalue weighted by atomic mass is 9.78. The Labute approximate surface area is 115 Å². The molecule has 1 aliphatic carbocycles. The van der Waals surface area contributed by atoms with E-state index in [0.717, 1.165) is 22.1 Å². The Morgan fingerprint density at radius 1 is 1.39 bits per heavy atom. The number of nitrogens with one attached hydrogen (secondary N) is 1. The number of aromatic amines is 1. The molecular formula is C15H16BrNO. The summed E-state index contributed by atoms with van der Waals surface area (Å²) in [5.74, 6) is 1.31. The second-order valence-electron chi connectivity index (χ2n) is 5.42. The van der Waals surface area contributed by atoms with E-state index in [0.29, 0.717) is 18.3 Å². The van der Waals surface area contributed by atoms with Crippen molar-refractivity contribution < 1.29 is 4.79 Å². The van der Waals surface area contributed by atoms with Gasteiger partial charge >= 0.3 is 0 Å². The Bertz CT molecular complexity index is 627. The maximum absolute atomic E-state index is 12.1. The van der Waals surface area contributed by atoms with Crippen LogP contribution in [0.1, 0.15) is 48.7 Å². The highest BCUT2D eigenvalue weighted by molar-refractivity contribution is 9.10. The van der Waals surface area contributed by atoms with Gasteiger partial charge < -0.3 is 4.98 Å². The maximum Gasteiger partial charge on any atom is 0.179 e. The van der Waals surface area contributed by atoms with Crippen LogP contribution in [-0.2, 0) is 0 Å². The van der Waals surface area contributed by atoms with Gasteiger partial charge in [-0.05, 0) is 42.0 Å². The van der Waals surface area contributed by atoms with Gasteiger partial charge in [-0.3, -0.25) is 4.79 Å². The van der Waals surface area contributed by atoms with E-state index in [-0.39, 0.29) is 5.78 Å². The van der Waals surface area contributed by atoms with Crippen molar-refractivity contribution in [1.29, 1.82) is 0 Å². The van der Waals surface area contributed by atoms with Crippen LogP contribution in [0.4, 0.5) is 0 Å². The number of H-pyrrole nitrogens is 1. The number of ketones is 1. The third kappa shape index (κ3) is 1.72. The van der Waals surface area contributed by atoms with Gasteiger partial charge in [-0.25, -0.2) is 0 Å². The lowest BCUT2D eigenvalue weighted by Gasteiger charge is -2.25. The Morgan fingerprint density at radius 2 is 2.17 bits per heavy atom. The largest absolute Gasteiger partial charge is 0.352 e. The van der Waals surface area contributed by atoms with Gasteiger partial charge in [0, 0.05) is 21.8 Å². The number of fused-ring (bicyclic) bond motifs is 3. The van der Waals surface area contributed by atoms with Crippen molar-refractivity contribution in [3.63, 3.8) is 0 Å². The molecule has 1 atom stereocenters. The molecule has 0 fully saturated rings. The molecule has 0 aliphatic heterocycles. The number of rotatable bonds is 1. The standard InChI is InChI=1S/C15H16BrNO/c1-8(2)10-4-6-13(18)15-14(10)11-7-9(16)3-5-12(11)17-15/h3,5,7-8,10,17H,4,6H2,1-2H3. The fourth-order valence-corrected chi connectivity index (χ4v) is 3.37. The van der Waals surface area contributed by atoms with Gasteiger partial charge in [-0.2, -0.15) is 0 Å². The summed E-state index contributed by atoms with van der Waals surface area (Å²) in [4.78, 5) is 15.4. The molecule has 1 heterocycles. The highest BCUT2D eigenvalue weighted by Gasteiger charge is 2.31. The number of carbonyl (C=O) groups is 1. The number of benzene rings is 1. The molecule has 0 saturated heterocycles. The predicted octanol–water partition coefficient (Wildman–Crippen LogP) is 4.65. The van der Waals surface area contributed by atoms with Crippen LogP contribution >= 0.6 is 15.9 Å². The third-order valence-electron chi connectivity index (χ3n) is 3.94. The Balaban J connectivity index is 2.31. The molecular weight excluding hydrogens is 290 g/mol. The van der Waals surface area contributed by atoms with Crippen molar-refractivity contribution in [2.75, 3.05) is 0 Å². The summed E-state index contributed by atoms with van der Waals surface area (Å²) in [5, 5.41) is 1.20. The minimum absolute atomic E-state index is 0.259. The molecule has 0 radical (unpaired) electrons. The van der Waals surface area contributed by atoms with Gasteiger partial charge in [-0.15, -0.1) is 0 Å². The highest BCUT2D eigenvalue weighted by atomic mass is 79.9. The molecule has 1 aromatic heterocycles. The van der Waals surface area contributed by atoms with Crippen molar-refractivity contribution in [1.82, 2.24) is 4.98 Å². The number of hydrogen-bond acceptors (Lipinski definition) is 1. The van der Waals surface area contributed by atoms with E-state index in [4.69, 9.17) is 0 Å². The summed E-state index contributed by atoms with van der Waals surface area (Å²) < 4.78 is 1.07. The molecule has 1 N–H and O–H groups in total. The van der Waals surface area contributed by atoms with Gasteiger partial charge in [0.1, 0.15) is 0 Å². The lowest BCUT2D eigenvalue weighted by molar-refractivity contribution is 0.0959. The van der Waals surface area contributed by atoms with Crippen LogP contribution in [0.2, 0.25) is 0 Å². The maximum atomic E-state index is 12.1. The first kappa shape index (κ1) is 12.0. The first-order valence-electron chi connectivity index (χ1n) is 6.42. The SMILES string of the molecule is CC(C)C1CCC(=O)c2[nH]c3ccc(Br)cc3c21. The monoisotopic (exact) mass is 305 g/mol. The molecule has 18 heavy (non-hydrogen) atoms. The average Bonchev–Trinajstić information content (AvgIpc) is 2.69. The normalized spacial score (nSPS) is 19.6. The average molecular weight is 306 g/mol. The lowest BCUT2D eigenvalue weighted by Crippen LogP contribution is -2.18. The number of carbonyl (C=O) groups excluding carboxylic acids is 1. The second kappa shape index (κ2) is 4.23. The molecule has 3 rings (SSSR count). The van der Waals surface area contributed by atoms with Crippen molar-refractivity contribution >= 4 is 32.6 Å². The molecule has 94 valence electrons. The predicted molar refractivity (Wildman–Crippen MR) is 77.1 cm³/mol. The van der Waals surface area contributed by atoms with Crippen LogP contribution < -0.4 is 0 Å². The van der Waals surface area contributed by atoms with E-state index >= 15 is 0 Å². The number of hydrogen-bond donors (Lipinski definition) is 1. The summed E-state index contributed by atoms with van der Waals surface area (Å²) in [6, 6.07) is 6.18. The Hall–Kier alpha value is -1.09. The Kier molecular flexibility index (Phi) is 2.81. The van der Waals surface area contributed by atoms with Gasteiger partial charge in [-0.1, -0.05) is 29.8 Å². The van der Waals surface area contributed by atoms with Gasteiger partial charge in [0.15, 0.2) is 5.78 Å². The van der Waals surface area contributed by atoms with Crippen LogP contribution in [0.15, 0.2) is 22.7 Å². The van der Waals surface area contributed by atoms with E-state index in [1.54, 1.807) is 0 Å². The zero-order valence-electron chi connectivity index (χ0n) is 10.6. The van der Waals surface area contributed by atoms with E-state index in [1.807, 2.05) is 12.1 Å². The fourth-order valence-electron chi connectivity index (χ4n) is 3.01. The van der Waals surface area contributed by atoms with Crippen LogP contribution in [0.5, 0.6) is 0 Å². The molecule has 1 aliphatic rings. The summed E-state index contributed by atoms with van der Waals surface area (Å²) in [6.45, 7) is 4.47. The van der Waals surface area contributed by atoms with E-state index in [1.165, 1.54) is 10.9 Å². The minimum atomic E-state index is 0.259. The molecule has 3 heteroatoms. The van der Waals surface area contributed by atoms with E-state index in [2.05, 4.69) is 40.8 Å². The van der Waals surface area contributed by atoms with Crippen LogP contribution in [0.25, 0.3) is 10.9 Å². The topological polar surface area (TPSA) is 32.9 Å². The minimum Gasteiger partial charge on any atom is -0.352 e. The van der Waals surface area contributed by atoms with Crippen LogP contribution in [0, 0.1) is 5.92 Å². The summed E-state index contributed by atoms with van der Waals surface area (Å²) >= 11 is 3.52. The third-order valence-corrected chi connectivity index (χ3v) is 4.43. The Morgan fingerprint density at radius 3 is 2.89 bits per heavy atom. The van der Waals surface area contributed by atoms with Gasteiger partial charge in [0.2, 0.25) is 0 Å². The molecule has 2 aromatic rings. The van der Waals surface area contributed by atoms with E-state index < -0.39 is 0 Å². The van der Waals surface area contributed by atoms with Gasteiger partial charge in [0.25, 0.3) is 0 Å². The molecule has 0 spiro atoms. The second-order valence-corrected chi connectivity index (χ2v) is 6.33. The molecule has 1 unspecified atom stereocenters. The summed E-state index contributed by atoms with van der Waals surface area (Å²) in [6.07, 6.45) is 1.65. The smallest absolute Gasteiger partial charge is 0.179 e. The molecule has 1 aromatic carbocycles. The molecule has 0 saturated carbocycles. The summed E-state index contributed by atoms with van der Waals surface area (Å²) in [5.41, 5.74) is 3.15. The quantitative estimate of drug-likeness (QED) is 0.817. The number of halogens is 1. The fraction of sp³-hybridized carbons (Fsp3) is 0.400. The molecule has 0 amide bonds. The molecule has 0 bridgehead atoms. The zero-order valence-corrected chi connectivity index (χ0v) is 12.2. The summed E-state index contributed by atoms with van der Waals surface area (Å²) in [7, 11) is 0. The van der Waals surface area contributed by atoms with Crippen molar-refractivity contribution in [2.45, 2.75) is 32.6 Å². The molecule has 2 nitrogen and oxygen atoms in total. The van der Waals surface area contributed by atoms with Crippen LogP contribution in [0.3, 0.4) is 0 Å². The van der Waals surface area contributed by atoms with E-state index in [9.17, 15) is 4.79 Å². The zero-order chi connectivity index (χ0) is 12.9. The van der Waals surface area contributed by atoms with Crippen molar-refractivity contribution in [3.05, 3.63) is 33.9 Å². The van der Waals surface area contributed by atoms with Crippen LogP contribution in [-0.4, -0.2) is 10.8 Å².